The third-order valence-corrected chi connectivity index (χ3v) is 2.51. The number of rotatable bonds is 4. The highest BCUT2D eigenvalue weighted by atomic mass is 15.3. The van der Waals surface area contributed by atoms with Gasteiger partial charge in [0.1, 0.15) is 0 Å². The van der Waals surface area contributed by atoms with Crippen LogP contribution in [0.2, 0.25) is 0 Å². The molecule has 3 nitrogen and oxygen atoms in total. The van der Waals surface area contributed by atoms with Crippen molar-refractivity contribution in [2.45, 2.75) is 26.8 Å². The van der Waals surface area contributed by atoms with E-state index in [9.17, 15) is 0 Å². The summed E-state index contributed by atoms with van der Waals surface area (Å²) >= 11 is 0. The van der Waals surface area contributed by atoms with E-state index in [0.717, 1.165) is 18.7 Å². The van der Waals surface area contributed by atoms with Crippen LogP contribution in [0.3, 0.4) is 0 Å². The molecule has 0 N–H and O–H groups in total. The lowest BCUT2D eigenvalue weighted by atomic mass is 10.1. The van der Waals surface area contributed by atoms with Gasteiger partial charge in [0.25, 0.3) is 0 Å². The van der Waals surface area contributed by atoms with Crippen LogP contribution in [0.1, 0.15) is 17.0 Å². The Morgan fingerprint density at radius 3 is 2.88 bits per heavy atom. The highest BCUT2D eigenvalue weighted by molar-refractivity contribution is 5.11. The first-order valence-corrected chi connectivity index (χ1v) is 5.47. The van der Waals surface area contributed by atoms with Crippen molar-refractivity contribution in [1.29, 1.82) is 0 Å². The van der Waals surface area contributed by atoms with Crippen LogP contribution in [0.15, 0.2) is 30.6 Å². The average molecular weight is 214 g/mol. The van der Waals surface area contributed by atoms with Gasteiger partial charge in [-0.1, -0.05) is 6.07 Å². The van der Waals surface area contributed by atoms with Crippen molar-refractivity contribution in [1.82, 2.24) is 14.8 Å². The summed E-state index contributed by atoms with van der Waals surface area (Å²) in [4.78, 5) is 4.09. The maximum absolute atomic E-state index is 4.41. The number of aromatic nitrogens is 3. The first kappa shape index (κ1) is 10.9. The summed E-state index contributed by atoms with van der Waals surface area (Å²) in [6.45, 7) is 4.96. The maximum atomic E-state index is 4.41. The molecule has 0 saturated heterocycles. The fraction of sp³-hybridized carbons (Fsp3) is 0.308. The number of hydrogen-bond donors (Lipinski definition) is 0. The minimum absolute atomic E-state index is 0.856. The lowest BCUT2D eigenvalue weighted by molar-refractivity contribution is 0.637. The van der Waals surface area contributed by atoms with E-state index in [1.54, 1.807) is 6.20 Å². The standard InChI is InChI=1S/C13H16N3/c1-11-9-12(2)16(15-11)8-4-6-13-5-3-7-14-10-13/h3-5,7,9-10H,6,8H2,1-2H3. The zero-order chi connectivity index (χ0) is 11.4. The topological polar surface area (TPSA) is 30.7 Å². The molecule has 0 bridgehead atoms. The van der Waals surface area contributed by atoms with Gasteiger partial charge in [-0.3, -0.25) is 9.67 Å². The molecule has 83 valence electrons. The van der Waals surface area contributed by atoms with Gasteiger partial charge in [-0.2, -0.15) is 5.10 Å². The first-order chi connectivity index (χ1) is 7.75. The van der Waals surface area contributed by atoms with Gasteiger partial charge in [-0.15, -0.1) is 0 Å². The minimum Gasteiger partial charge on any atom is -0.269 e. The highest BCUT2D eigenvalue weighted by Crippen LogP contribution is 2.05. The molecule has 3 heteroatoms. The zero-order valence-electron chi connectivity index (χ0n) is 9.72. The zero-order valence-corrected chi connectivity index (χ0v) is 9.72. The molecule has 0 aliphatic heterocycles. The first-order valence-electron chi connectivity index (χ1n) is 5.47. The molecule has 0 unspecified atom stereocenters. The van der Waals surface area contributed by atoms with Crippen LogP contribution in [0.25, 0.3) is 0 Å². The van der Waals surface area contributed by atoms with Gasteiger partial charge in [0.15, 0.2) is 0 Å². The van der Waals surface area contributed by atoms with Crippen molar-refractivity contribution in [2.75, 3.05) is 0 Å². The van der Waals surface area contributed by atoms with Crippen molar-refractivity contribution in [3.8, 4) is 0 Å². The van der Waals surface area contributed by atoms with Crippen molar-refractivity contribution in [3.05, 3.63) is 54.0 Å². The van der Waals surface area contributed by atoms with Gasteiger partial charge >= 0.3 is 0 Å². The largest absolute Gasteiger partial charge is 0.269 e. The monoisotopic (exact) mass is 214 g/mol. The Hall–Kier alpha value is -1.64. The second-order valence-corrected chi connectivity index (χ2v) is 3.96. The van der Waals surface area contributed by atoms with Gasteiger partial charge in [-0.05, 0) is 44.4 Å². The van der Waals surface area contributed by atoms with Gasteiger partial charge in [0.05, 0.1) is 5.69 Å². The molecule has 0 spiro atoms. The summed E-state index contributed by atoms with van der Waals surface area (Å²) in [5.74, 6) is 0. The average Bonchev–Trinajstić information content (AvgIpc) is 2.59. The molecule has 1 radical (unpaired) electrons. The smallest absolute Gasteiger partial charge is 0.0596 e. The number of aryl methyl sites for hydroxylation is 2. The van der Waals surface area contributed by atoms with Crippen LogP contribution in [0.5, 0.6) is 0 Å². The van der Waals surface area contributed by atoms with Crippen LogP contribution in [0.4, 0.5) is 0 Å². The van der Waals surface area contributed by atoms with E-state index >= 15 is 0 Å². The Balaban J connectivity index is 1.87. The summed E-state index contributed by atoms with van der Waals surface area (Å²) in [5, 5.41) is 4.41. The van der Waals surface area contributed by atoms with Crippen LogP contribution in [0, 0.1) is 20.3 Å². The van der Waals surface area contributed by atoms with Gasteiger partial charge < -0.3 is 0 Å². The number of pyridine rings is 1. The van der Waals surface area contributed by atoms with E-state index in [1.165, 1.54) is 11.3 Å². The summed E-state index contributed by atoms with van der Waals surface area (Å²) in [5.41, 5.74) is 3.52. The minimum atomic E-state index is 0.856. The summed E-state index contributed by atoms with van der Waals surface area (Å²) < 4.78 is 2.02. The molecule has 16 heavy (non-hydrogen) atoms. The number of nitrogens with zero attached hydrogens (tertiary/aromatic N) is 3. The number of hydrogen-bond acceptors (Lipinski definition) is 2. The van der Waals surface area contributed by atoms with E-state index in [0.29, 0.717) is 0 Å². The fourth-order valence-electron chi connectivity index (χ4n) is 1.73. The molecule has 0 aliphatic rings. The van der Waals surface area contributed by atoms with Crippen molar-refractivity contribution >= 4 is 0 Å². The Bertz CT molecular complexity index is 445. The normalized spacial score (nSPS) is 10.6. The molecule has 2 rings (SSSR count). The quantitative estimate of drug-likeness (QED) is 0.782. The third kappa shape index (κ3) is 2.69. The second kappa shape index (κ2) is 4.92. The fourth-order valence-corrected chi connectivity index (χ4v) is 1.73. The second-order valence-electron chi connectivity index (χ2n) is 3.96. The van der Waals surface area contributed by atoms with Crippen molar-refractivity contribution in [2.24, 2.45) is 0 Å². The molecular weight excluding hydrogens is 198 g/mol. The molecule has 0 saturated carbocycles. The van der Waals surface area contributed by atoms with Gasteiger partial charge in [-0.25, -0.2) is 0 Å². The Labute approximate surface area is 96.1 Å². The van der Waals surface area contributed by atoms with Crippen molar-refractivity contribution in [3.63, 3.8) is 0 Å². The molecule has 0 aliphatic carbocycles. The molecular formula is C13H16N3. The molecule has 0 aromatic carbocycles. The predicted octanol–water partition coefficient (Wildman–Crippen LogP) is 2.34. The van der Waals surface area contributed by atoms with Crippen LogP contribution in [-0.4, -0.2) is 14.8 Å². The van der Waals surface area contributed by atoms with Gasteiger partial charge in [0, 0.05) is 24.6 Å². The van der Waals surface area contributed by atoms with E-state index in [1.807, 2.05) is 23.9 Å². The molecule has 0 atom stereocenters. The van der Waals surface area contributed by atoms with Crippen LogP contribution in [-0.2, 0) is 13.0 Å². The van der Waals surface area contributed by atoms with Crippen molar-refractivity contribution < 1.29 is 0 Å². The summed E-state index contributed by atoms with van der Waals surface area (Å²) in [7, 11) is 0. The predicted molar refractivity (Wildman–Crippen MR) is 63.9 cm³/mol. The highest BCUT2D eigenvalue weighted by Gasteiger charge is 2.00. The van der Waals surface area contributed by atoms with Gasteiger partial charge in [0.2, 0.25) is 0 Å². The van der Waals surface area contributed by atoms with E-state index in [2.05, 4.69) is 35.6 Å². The third-order valence-electron chi connectivity index (χ3n) is 2.51. The van der Waals surface area contributed by atoms with Crippen LogP contribution < -0.4 is 0 Å². The molecule has 2 aromatic heterocycles. The molecule has 0 fully saturated rings. The Kier molecular flexibility index (Phi) is 3.34. The molecule has 2 aromatic rings. The van der Waals surface area contributed by atoms with Crippen LogP contribution >= 0.6 is 0 Å². The Morgan fingerprint density at radius 2 is 2.25 bits per heavy atom. The molecule has 2 heterocycles. The van der Waals surface area contributed by atoms with E-state index < -0.39 is 0 Å². The molecule has 0 amide bonds. The van der Waals surface area contributed by atoms with E-state index in [4.69, 9.17) is 0 Å². The summed E-state index contributed by atoms with van der Waals surface area (Å²) in [6.07, 6.45) is 6.85. The lowest BCUT2D eigenvalue weighted by Gasteiger charge is -2.03. The summed E-state index contributed by atoms with van der Waals surface area (Å²) in [6, 6.07) is 6.15. The Morgan fingerprint density at radius 1 is 1.38 bits per heavy atom. The maximum Gasteiger partial charge on any atom is 0.0596 e. The van der Waals surface area contributed by atoms with E-state index in [-0.39, 0.29) is 0 Å². The SMILES string of the molecule is Cc1cc(C)n(C[CH]Cc2cccnc2)n1. The lowest BCUT2D eigenvalue weighted by Crippen LogP contribution is -2.04.